The predicted molar refractivity (Wildman–Crippen MR) is 97.4 cm³/mol. The lowest BCUT2D eigenvalue weighted by atomic mass is 10.1. The van der Waals surface area contributed by atoms with Crippen molar-refractivity contribution >= 4 is 5.91 Å². The maximum Gasteiger partial charge on any atom is 0.217 e. The number of carbonyl (C=O) groups is 1. The molecule has 1 N–H and O–H groups in total. The van der Waals surface area contributed by atoms with Gasteiger partial charge in [-0.05, 0) is 62.7 Å². The summed E-state index contributed by atoms with van der Waals surface area (Å²) in [6.45, 7) is 6.90. The molecule has 2 heterocycles. The van der Waals surface area contributed by atoms with Crippen molar-refractivity contribution in [1.29, 1.82) is 0 Å². The van der Waals surface area contributed by atoms with E-state index in [4.69, 9.17) is 9.15 Å². The first-order valence-corrected chi connectivity index (χ1v) is 8.95. The average molecular weight is 342 g/mol. The van der Waals surface area contributed by atoms with Crippen LogP contribution in [0.15, 0.2) is 40.8 Å². The number of likely N-dealkylation sites (tertiary alicyclic amines) is 1. The molecule has 1 fully saturated rings. The average Bonchev–Trinajstić information content (AvgIpc) is 3.04. The quantitative estimate of drug-likeness (QED) is 0.874. The highest BCUT2D eigenvalue weighted by Gasteiger charge is 2.21. The van der Waals surface area contributed by atoms with Crippen molar-refractivity contribution in [2.75, 3.05) is 19.7 Å². The second-order valence-corrected chi connectivity index (χ2v) is 6.50. The SMILES string of the molecule is CCOc1ccc(-c2ccc(CN3CCC[C@@H](NC(C)=O)C3)o2)cc1. The van der Waals surface area contributed by atoms with Crippen molar-refractivity contribution in [1.82, 2.24) is 10.2 Å². The first-order chi connectivity index (χ1) is 12.1. The molecule has 0 bridgehead atoms. The van der Waals surface area contributed by atoms with Crippen molar-refractivity contribution < 1.29 is 13.9 Å². The van der Waals surface area contributed by atoms with Crippen molar-refractivity contribution in [2.24, 2.45) is 0 Å². The van der Waals surface area contributed by atoms with E-state index in [1.165, 1.54) is 0 Å². The van der Waals surface area contributed by atoms with Crippen molar-refractivity contribution in [3.05, 3.63) is 42.2 Å². The molecule has 3 rings (SSSR count). The lowest BCUT2D eigenvalue weighted by molar-refractivity contribution is -0.120. The van der Waals surface area contributed by atoms with Gasteiger partial charge < -0.3 is 14.5 Å². The molecule has 0 radical (unpaired) electrons. The van der Waals surface area contributed by atoms with Gasteiger partial charge in [0.05, 0.1) is 13.2 Å². The summed E-state index contributed by atoms with van der Waals surface area (Å²) in [4.78, 5) is 13.6. The summed E-state index contributed by atoms with van der Waals surface area (Å²) in [6, 6.07) is 12.2. The van der Waals surface area contributed by atoms with Gasteiger partial charge in [-0.15, -0.1) is 0 Å². The van der Waals surface area contributed by atoms with Gasteiger partial charge in [-0.3, -0.25) is 9.69 Å². The van der Waals surface area contributed by atoms with Crippen LogP contribution in [0.1, 0.15) is 32.4 Å². The van der Waals surface area contributed by atoms with E-state index in [0.29, 0.717) is 6.61 Å². The molecule has 1 aliphatic rings. The Labute approximate surface area is 149 Å². The van der Waals surface area contributed by atoms with Crippen LogP contribution < -0.4 is 10.1 Å². The summed E-state index contributed by atoms with van der Waals surface area (Å²) >= 11 is 0. The third-order valence-electron chi connectivity index (χ3n) is 4.40. The third-order valence-corrected chi connectivity index (χ3v) is 4.40. The van der Waals surface area contributed by atoms with Gasteiger partial charge in [-0.2, -0.15) is 0 Å². The molecule has 0 spiro atoms. The highest BCUT2D eigenvalue weighted by molar-refractivity contribution is 5.73. The minimum Gasteiger partial charge on any atom is -0.494 e. The van der Waals surface area contributed by atoms with Gasteiger partial charge in [0.2, 0.25) is 5.91 Å². The van der Waals surface area contributed by atoms with Crippen molar-refractivity contribution in [2.45, 2.75) is 39.3 Å². The van der Waals surface area contributed by atoms with Gasteiger partial charge in [0.1, 0.15) is 17.3 Å². The Balaban J connectivity index is 1.60. The van der Waals surface area contributed by atoms with Gasteiger partial charge >= 0.3 is 0 Å². The Morgan fingerprint density at radius 2 is 2.08 bits per heavy atom. The van der Waals surface area contributed by atoms with Gasteiger partial charge in [0.25, 0.3) is 0 Å². The van der Waals surface area contributed by atoms with Gasteiger partial charge in [0, 0.05) is 25.1 Å². The summed E-state index contributed by atoms with van der Waals surface area (Å²) in [6.07, 6.45) is 2.14. The van der Waals surface area contributed by atoms with Crippen molar-refractivity contribution in [3.63, 3.8) is 0 Å². The van der Waals surface area contributed by atoms with E-state index in [1.807, 2.05) is 43.3 Å². The molecular formula is C20H26N2O3. The fourth-order valence-corrected chi connectivity index (χ4v) is 3.32. The van der Waals surface area contributed by atoms with Crippen LogP contribution in [0.3, 0.4) is 0 Å². The highest BCUT2D eigenvalue weighted by Crippen LogP contribution is 2.25. The van der Waals surface area contributed by atoms with Crippen LogP contribution in [0.2, 0.25) is 0 Å². The molecule has 0 saturated carbocycles. The smallest absolute Gasteiger partial charge is 0.217 e. The van der Waals surface area contributed by atoms with Crippen molar-refractivity contribution in [3.8, 4) is 17.1 Å². The lowest BCUT2D eigenvalue weighted by Crippen LogP contribution is -2.46. The summed E-state index contributed by atoms with van der Waals surface area (Å²) in [5, 5.41) is 3.02. The Kier molecular flexibility index (Phi) is 5.76. The molecular weight excluding hydrogens is 316 g/mol. The molecule has 1 amide bonds. The normalized spacial score (nSPS) is 18.1. The Hall–Kier alpha value is -2.27. The van der Waals surface area contributed by atoms with E-state index < -0.39 is 0 Å². The lowest BCUT2D eigenvalue weighted by Gasteiger charge is -2.32. The Morgan fingerprint density at radius 3 is 2.80 bits per heavy atom. The predicted octanol–water partition coefficient (Wildman–Crippen LogP) is 3.45. The van der Waals surface area contributed by atoms with Gasteiger partial charge in [-0.25, -0.2) is 0 Å². The fraction of sp³-hybridized carbons (Fsp3) is 0.450. The first-order valence-electron chi connectivity index (χ1n) is 8.95. The maximum atomic E-state index is 11.2. The van der Waals surface area contributed by atoms with Crippen LogP contribution in [0.5, 0.6) is 5.75 Å². The number of furan rings is 1. The zero-order valence-corrected chi connectivity index (χ0v) is 15.0. The number of amides is 1. The second kappa shape index (κ2) is 8.21. The van der Waals surface area contributed by atoms with Crippen LogP contribution in [-0.2, 0) is 11.3 Å². The molecule has 0 unspecified atom stereocenters. The van der Waals surface area contributed by atoms with E-state index >= 15 is 0 Å². The Morgan fingerprint density at radius 1 is 1.28 bits per heavy atom. The first kappa shape index (κ1) is 17.5. The van der Waals surface area contributed by atoms with Crippen LogP contribution >= 0.6 is 0 Å². The monoisotopic (exact) mass is 342 g/mol. The third kappa shape index (κ3) is 4.86. The summed E-state index contributed by atoms with van der Waals surface area (Å²) in [5.74, 6) is 2.74. The fourth-order valence-electron chi connectivity index (χ4n) is 3.32. The van der Waals surface area contributed by atoms with E-state index in [9.17, 15) is 4.79 Å². The van der Waals surface area contributed by atoms with Crippen LogP contribution in [0, 0.1) is 0 Å². The zero-order chi connectivity index (χ0) is 17.6. The van der Waals surface area contributed by atoms with E-state index in [1.54, 1.807) is 6.92 Å². The number of piperidine rings is 1. The molecule has 0 aliphatic carbocycles. The number of nitrogens with zero attached hydrogens (tertiary/aromatic N) is 1. The molecule has 1 saturated heterocycles. The standard InChI is InChI=1S/C20H26N2O3/c1-3-24-18-8-6-16(7-9-18)20-11-10-19(25-20)14-22-12-4-5-17(13-22)21-15(2)23/h6-11,17H,3-5,12-14H2,1-2H3,(H,21,23)/t17-/m1/s1. The number of nitrogens with one attached hydrogen (secondary N) is 1. The number of hydrogen-bond acceptors (Lipinski definition) is 4. The topological polar surface area (TPSA) is 54.7 Å². The molecule has 134 valence electrons. The largest absolute Gasteiger partial charge is 0.494 e. The zero-order valence-electron chi connectivity index (χ0n) is 15.0. The van der Waals surface area contributed by atoms with Crippen LogP contribution in [0.4, 0.5) is 0 Å². The molecule has 5 heteroatoms. The van der Waals surface area contributed by atoms with Crippen LogP contribution in [-0.4, -0.2) is 36.5 Å². The van der Waals surface area contributed by atoms with Gasteiger partial charge in [0.15, 0.2) is 0 Å². The maximum absolute atomic E-state index is 11.2. The minimum absolute atomic E-state index is 0.0441. The summed E-state index contributed by atoms with van der Waals surface area (Å²) in [7, 11) is 0. The summed E-state index contributed by atoms with van der Waals surface area (Å²) < 4.78 is 11.5. The van der Waals surface area contributed by atoms with E-state index in [0.717, 1.165) is 55.3 Å². The highest BCUT2D eigenvalue weighted by atomic mass is 16.5. The number of ether oxygens (including phenoxy) is 1. The van der Waals surface area contributed by atoms with Crippen LogP contribution in [0.25, 0.3) is 11.3 Å². The minimum atomic E-state index is 0.0441. The number of rotatable bonds is 6. The molecule has 25 heavy (non-hydrogen) atoms. The molecule has 2 aromatic rings. The van der Waals surface area contributed by atoms with E-state index in [-0.39, 0.29) is 11.9 Å². The molecule has 1 aromatic heterocycles. The number of benzene rings is 1. The molecule has 1 aromatic carbocycles. The molecule has 5 nitrogen and oxygen atoms in total. The summed E-state index contributed by atoms with van der Waals surface area (Å²) in [5.41, 5.74) is 1.05. The molecule has 1 atom stereocenters. The number of hydrogen-bond donors (Lipinski definition) is 1. The Bertz CT molecular complexity index is 693. The van der Waals surface area contributed by atoms with Gasteiger partial charge in [-0.1, -0.05) is 0 Å². The second-order valence-electron chi connectivity index (χ2n) is 6.50. The number of carbonyl (C=O) groups excluding carboxylic acids is 1. The van der Waals surface area contributed by atoms with E-state index in [2.05, 4.69) is 10.2 Å². The molecule has 1 aliphatic heterocycles.